The zero-order valence-corrected chi connectivity index (χ0v) is 14.3. The summed E-state index contributed by atoms with van der Waals surface area (Å²) in [5, 5.41) is 12.5. The lowest BCUT2D eigenvalue weighted by Gasteiger charge is -2.31. The Morgan fingerprint density at radius 2 is 2.08 bits per heavy atom. The number of nitrogens with zero attached hydrogens (tertiary/aromatic N) is 8. The van der Waals surface area contributed by atoms with Gasteiger partial charge in [-0.05, 0) is 25.0 Å². The van der Waals surface area contributed by atoms with Gasteiger partial charge in [-0.15, -0.1) is 5.10 Å². The third-order valence-corrected chi connectivity index (χ3v) is 4.65. The average Bonchev–Trinajstić information content (AvgIpc) is 3.39. The summed E-state index contributed by atoms with van der Waals surface area (Å²) in [4.78, 5) is 22.5. The Bertz CT molecular complexity index is 837. The monoisotopic (exact) mass is 352 g/mol. The highest BCUT2D eigenvalue weighted by Crippen LogP contribution is 2.23. The molecule has 1 aliphatic rings. The molecule has 0 N–H and O–H groups in total. The van der Waals surface area contributed by atoms with Crippen molar-refractivity contribution >= 4 is 5.91 Å². The first kappa shape index (κ1) is 16.4. The predicted molar refractivity (Wildman–Crippen MR) is 92.7 cm³/mol. The number of rotatable bonds is 5. The normalized spacial score (nSPS) is 15.3. The van der Waals surface area contributed by atoms with E-state index in [1.54, 1.807) is 17.2 Å². The fourth-order valence-corrected chi connectivity index (χ4v) is 3.18. The highest BCUT2D eigenvalue weighted by molar-refractivity contribution is 5.76. The predicted octanol–water partition coefficient (Wildman–Crippen LogP) is 1.19. The summed E-state index contributed by atoms with van der Waals surface area (Å²) in [5.41, 5.74) is 1.59. The molecular weight excluding hydrogens is 332 g/mol. The van der Waals surface area contributed by atoms with Crippen molar-refractivity contribution < 1.29 is 4.79 Å². The average molecular weight is 352 g/mol. The number of likely N-dealkylation sites (tertiary alicyclic amines) is 1. The van der Waals surface area contributed by atoms with Crippen LogP contribution in [-0.2, 0) is 11.3 Å². The van der Waals surface area contributed by atoms with Crippen molar-refractivity contribution in [3.05, 3.63) is 43.2 Å². The van der Waals surface area contributed by atoms with Crippen LogP contribution in [0.2, 0.25) is 0 Å². The Morgan fingerprint density at radius 3 is 2.81 bits per heavy atom. The number of amides is 1. The molecule has 0 spiro atoms. The van der Waals surface area contributed by atoms with Gasteiger partial charge < -0.3 is 4.90 Å². The highest BCUT2D eigenvalue weighted by atomic mass is 16.2. The summed E-state index contributed by atoms with van der Waals surface area (Å²) in [6.07, 6.45) is 8.99. The molecule has 0 radical (unpaired) electrons. The van der Waals surface area contributed by atoms with Crippen LogP contribution in [0.15, 0.2) is 43.2 Å². The van der Waals surface area contributed by atoms with E-state index in [-0.39, 0.29) is 11.9 Å². The minimum atomic E-state index is 0.159. The van der Waals surface area contributed by atoms with Crippen LogP contribution in [0.1, 0.15) is 25.3 Å². The molecule has 3 aromatic rings. The maximum Gasteiger partial charge on any atom is 0.224 e. The van der Waals surface area contributed by atoms with Gasteiger partial charge in [-0.2, -0.15) is 5.10 Å². The van der Waals surface area contributed by atoms with Crippen LogP contribution in [0.5, 0.6) is 0 Å². The Hall–Kier alpha value is -3.10. The van der Waals surface area contributed by atoms with E-state index in [1.807, 2.05) is 34.0 Å². The van der Waals surface area contributed by atoms with Crippen molar-refractivity contribution in [3.63, 3.8) is 0 Å². The molecule has 3 aromatic heterocycles. The van der Waals surface area contributed by atoms with Gasteiger partial charge in [0.15, 0.2) is 0 Å². The highest BCUT2D eigenvalue weighted by Gasteiger charge is 2.24. The van der Waals surface area contributed by atoms with Gasteiger partial charge in [-0.25, -0.2) is 9.67 Å². The third-order valence-electron chi connectivity index (χ3n) is 4.65. The van der Waals surface area contributed by atoms with E-state index in [9.17, 15) is 4.79 Å². The summed E-state index contributed by atoms with van der Waals surface area (Å²) in [6.45, 7) is 2.04. The van der Waals surface area contributed by atoms with Crippen molar-refractivity contribution in [3.8, 4) is 11.4 Å². The summed E-state index contributed by atoms with van der Waals surface area (Å²) >= 11 is 0. The smallest absolute Gasteiger partial charge is 0.224 e. The molecule has 0 aliphatic carbocycles. The van der Waals surface area contributed by atoms with Crippen LogP contribution in [0.3, 0.4) is 0 Å². The Balaban J connectivity index is 1.31. The minimum Gasteiger partial charge on any atom is -0.342 e. The summed E-state index contributed by atoms with van der Waals surface area (Å²) in [7, 11) is 0. The Kier molecular flexibility index (Phi) is 4.67. The molecule has 0 aromatic carbocycles. The molecule has 1 aliphatic heterocycles. The van der Waals surface area contributed by atoms with Crippen LogP contribution < -0.4 is 0 Å². The zero-order chi connectivity index (χ0) is 17.8. The maximum absolute atomic E-state index is 12.3. The van der Waals surface area contributed by atoms with Crippen LogP contribution >= 0.6 is 0 Å². The van der Waals surface area contributed by atoms with Gasteiger partial charge in [-0.1, -0.05) is 11.3 Å². The number of hydrogen-bond donors (Lipinski definition) is 0. The lowest BCUT2D eigenvalue weighted by atomic mass is 10.0. The molecule has 0 saturated carbocycles. The summed E-state index contributed by atoms with van der Waals surface area (Å²) in [6, 6.07) is 6.00. The first-order valence-corrected chi connectivity index (χ1v) is 8.73. The van der Waals surface area contributed by atoms with Crippen molar-refractivity contribution in [2.75, 3.05) is 13.1 Å². The van der Waals surface area contributed by atoms with E-state index in [0.717, 1.165) is 37.3 Å². The molecule has 134 valence electrons. The lowest BCUT2D eigenvalue weighted by molar-refractivity contribution is -0.132. The van der Waals surface area contributed by atoms with Gasteiger partial charge >= 0.3 is 0 Å². The molecule has 4 heterocycles. The third kappa shape index (κ3) is 3.61. The molecule has 9 nitrogen and oxygen atoms in total. The number of pyridine rings is 1. The first-order chi connectivity index (χ1) is 12.8. The standard InChI is InChI=1S/C17H20N8O/c26-17(6-10-24-13-18-12-20-24)23-8-4-14(5-9-23)25-11-16(21-22-25)15-3-1-2-7-19-15/h1-3,7,11-14H,4-6,8-10H2. The van der Waals surface area contributed by atoms with Gasteiger partial charge in [0.05, 0.1) is 24.5 Å². The molecule has 26 heavy (non-hydrogen) atoms. The zero-order valence-electron chi connectivity index (χ0n) is 14.3. The largest absolute Gasteiger partial charge is 0.342 e. The Morgan fingerprint density at radius 1 is 1.19 bits per heavy atom. The molecular formula is C17H20N8O. The summed E-state index contributed by atoms with van der Waals surface area (Å²) < 4.78 is 3.58. The topological polar surface area (TPSA) is 94.6 Å². The number of hydrogen-bond acceptors (Lipinski definition) is 6. The van der Waals surface area contributed by atoms with Crippen LogP contribution in [0.25, 0.3) is 11.4 Å². The van der Waals surface area contributed by atoms with Crippen LogP contribution in [-0.4, -0.2) is 58.6 Å². The van der Waals surface area contributed by atoms with Crippen molar-refractivity contribution in [1.29, 1.82) is 0 Å². The second-order valence-corrected chi connectivity index (χ2v) is 6.32. The van der Waals surface area contributed by atoms with E-state index in [0.29, 0.717) is 13.0 Å². The van der Waals surface area contributed by atoms with Crippen molar-refractivity contribution in [2.24, 2.45) is 0 Å². The summed E-state index contributed by atoms with van der Waals surface area (Å²) in [5.74, 6) is 0.159. The Labute approximate surface area is 150 Å². The second-order valence-electron chi connectivity index (χ2n) is 6.32. The van der Waals surface area contributed by atoms with E-state index >= 15 is 0 Å². The second kappa shape index (κ2) is 7.42. The number of piperidine rings is 1. The molecule has 0 unspecified atom stereocenters. The molecule has 1 fully saturated rings. The number of aryl methyl sites for hydroxylation is 1. The van der Waals surface area contributed by atoms with Crippen molar-refractivity contribution in [1.82, 2.24) is 39.6 Å². The van der Waals surface area contributed by atoms with Gasteiger partial charge in [0, 0.05) is 25.7 Å². The number of carbonyl (C=O) groups excluding carboxylic acids is 1. The molecule has 1 saturated heterocycles. The molecule has 4 rings (SSSR count). The molecule has 0 bridgehead atoms. The van der Waals surface area contributed by atoms with E-state index in [4.69, 9.17) is 0 Å². The van der Waals surface area contributed by atoms with Gasteiger partial charge in [0.25, 0.3) is 0 Å². The van der Waals surface area contributed by atoms with Gasteiger partial charge in [0.2, 0.25) is 5.91 Å². The van der Waals surface area contributed by atoms with Crippen LogP contribution in [0.4, 0.5) is 0 Å². The quantitative estimate of drug-likeness (QED) is 0.684. The van der Waals surface area contributed by atoms with Gasteiger partial charge in [0.1, 0.15) is 18.3 Å². The first-order valence-electron chi connectivity index (χ1n) is 8.73. The maximum atomic E-state index is 12.3. The van der Waals surface area contributed by atoms with Crippen LogP contribution in [0, 0.1) is 0 Å². The molecule has 1 amide bonds. The SMILES string of the molecule is O=C(CCn1cncn1)N1CCC(n2cc(-c3ccccn3)nn2)CC1. The van der Waals surface area contributed by atoms with E-state index < -0.39 is 0 Å². The van der Waals surface area contributed by atoms with E-state index in [2.05, 4.69) is 25.4 Å². The number of aromatic nitrogens is 7. The fraction of sp³-hybridized carbons (Fsp3) is 0.412. The van der Waals surface area contributed by atoms with Gasteiger partial charge in [-0.3, -0.25) is 14.5 Å². The fourth-order valence-electron chi connectivity index (χ4n) is 3.18. The lowest BCUT2D eigenvalue weighted by Crippen LogP contribution is -2.39. The van der Waals surface area contributed by atoms with E-state index in [1.165, 1.54) is 6.33 Å². The van der Waals surface area contributed by atoms with Crippen molar-refractivity contribution in [2.45, 2.75) is 31.8 Å². The molecule has 9 heteroatoms. The molecule has 0 atom stereocenters. The minimum absolute atomic E-state index is 0.159. The number of carbonyl (C=O) groups is 1.